The Morgan fingerprint density at radius 2 is 1.50 bits per heavy atom. The molecule has 0 aliphatic heterocycles. The highest BCUT2D eigenvalue weighted by Crippen LogP contribution is 2.68. The highest BCUT2D eigenvalue weighted by atomic mass is 16.6. The zero-order valence-corrected chi connectivity index (χ0v) is 23.9. The molecule has 4 fully saturated rings. The van der Waals surface area contributed by atoms with E-state index in [4.69, 9.17) is 9.47 Å². The molecule has 0 amide bonds. The van der Waals surface area contributed by atoms with Crippen LogP contribution in [0.25, 0.3) is 0 Å². The first-order valence-electron chi connectivity index (χ1n) is 14.9. The molecule has 4 aliphatic carbocycles. The third-order valence-electron chi connectivity index (χ3n) is 11.5. The Morgan fingerprint density at radius 1 is 0.861 bits per heavy atom. The molecule has 5 nitrogen and oxygen atoms in total. The highest BCUT2D eigenvalue weighted by Gasteiger charge is 2.64. The molecule has 0 bridgehead atoms. The first-order chi connectivity index (χ1) is 16.9. The minimum absolute atomic E-state index is 0.0754. The highest BCUT2D eigenvalue weighted by molar-refractivity contribution is 5.67. The molecule has 11 atom stereocenters. The lowest BCUT2D eigenvalue weighted by Gasteiger charge is -2.63. The maximum absolute atomic E-state index is 11.9. The number of esters is 2. The van der Waals surface area contributed by atoms with Crippen LogP contribution in [-0.4, -0.2) is 35.4 Å². The Hall–Kier alpha value is -1.10. The van der Waals surface area contributed by atoms with Crippen molar-refractivity contribution in [3.63, 3.8) is 0 Å². The summed E-state index contributed by atoms with van der Waals surface area (Å²) in [5.74, 6) is 3.44. The molecule has 0 spiro atoms. The Labute approximate surface area is 219 Å². The molecular formula is C31H52O5. The number of ether oxygens (including phenoxy) is 2. The molecule has 36 heavy (non-hydrogen) atoms. The van der Waals surface area contributed by atoms with Crippen LogP contribution in [0, 0.1) is 52.3 Å². The van der Waals surface area contributed by atoms with Crippen molar-refractivity contribution in [1.82, 2.24) is 0 Å². The molecule has 0 aromatic rings. The van der Waals surface area contributed by atoms with E-state index >= 15 is 0 Å². The predicted octanol–water partition coefficient (Wildman–Crippen LogP) is 6.55. The van der Waals surface area contributed by atoms with Crippen molar-refractivity contribution < 1.29 is 24.2 Å². The van der Waals surface area contributed by atoms with Crippen LogP contribution in [0.4, 0.5) is 0 Å². The SMILES string of the molecule is CC(=O)O[C@H]1C[C@@]2(C)[C@H](C[C@H]1OC(C)=O)[C@H](O)C[C@@H]1[C@@H]2CC[C@]2(C)[C@@H]([C@H](C)CCCC(C)C)CC[C@@H]12. The van der Waals surface area contributed by atoms with Crippen molar-refractivity contribution >= 4 is 11.9 Å². The average Bonchev–Trinajstić information content (AvgIpc) is 3.11. The second kappa shape index (κ2) is 10.6. The lowest BCUT2D eigenvalue weighted by Crippen LogP contribution is -2.61. The number of rotatable bonds is 7. The van der Waals surface area contributed by atoms with Crippen molar-refractivity contribution in [2.75, 3.05) is 0 Å². The summed E-state index contributed by atoms with van der Waals surface area (Å²) in [5.41, 5.74) is 0.257. The summed E-state index contributed by atoms with van der Waals surface area (Å²) in [6.45, 7) is 14.9. The number of carbonyl (C=O) groups excluding carboxylic acids is 2. The van der Waals surface area contributed by atoms with E-state index in [-0.39, 0.29) is 23.3 Å². The van der Waals surface area contributed by atoms with E-state index < -0.39 is 18.3 Å². The van der Waals surface area contributed by atoms with Gasteiger partial charge in [0.05, 0.1) is 6.10 Å². The fourth-order valence-electron chi connectivity index (χ4n) is 9.98. The van der Waals surface area contributed by atoms with Gasteiger partial charge in [-0.1, -0.05) is 53.9 Å². The van der Waals surface area contributed by atoms with Crippen LogP contribution < -0.4 is 0 Å². The summed E-state index contributed by atoms with van der Waals surface area (Å²) in [6.07, 6.45) is 9.90. The molecule has 0 aromatic carbocycles. The van der Waals surface area contributed by atoms with Crippen LogP contribution in [0.2, 0.25) is 0 Å². The van der Waals surface area contributed by atoms with Crippen molar-refractivity contribution in [2.24, 2.45) is 52.3 Å². The molecule has 4 aliphatic rings. The lowest BCUT2D eigenvalue weighted by molar-refractivity contribution is -0.213. The van der Waals surface area contributed by atoms with E-state index in [0.717, 1.165) is 24.2 Å². The van der Waals surface area contributed by atoms with Gasteiger partial charge in [0, 0.05) is 13.8 Å². The summed E-state index contributed by atoms with van der Waals surface area (Å²) >= 11 is 0. The van der Waals surface area contributed by atoms with E-state index in [1.165, 1.54) is 58.8 Å². The Morgan fingerprint density at radius 3 is 2.14 bits per heavy atom. The van der Waals surface area contributed by atoms with Gasteiger partial charge in [0.25, 0.3) is 0 Å². The van der Waals surface area contributed by atoms with Gasteiger partial charge in [0.15, 0.2) is 0 Å². The van der Waals surface area contributed by atoms with Crippen LogP contribution in [0.1, 0.15) is 113 Å². The summed E-state index contributed by atoms with van der Waals surface area (Å²) in [4.78, 5) is 23.8. The number of aliphatic hydroxyl groups is 1. The van der Waals surface area contributed by atoms with Gasteiger partial charge in [0.2, 0.25) is 0 Å². The number of fused-ring (bicyclic) bond motifs is 5. The van der Waals surface area contributed by atoms with Crippen LogP contribution in [-0.2, 0) is 19.1 Å². The second-order valence-corrected chi connectivity index (χ2v) is 14.1. The first-order valence-corrected chi connectivity index (χ1v) is 14.9. The van der Waals surface area contributed by atoms with Gasteiger partial charge in [-0.05, 0) is 97.2 Å². The van der Waals surface area contributed by atoms with Crippen molar-refractivity contribution in [2.45, 2.75) is 131 Å². The minimum Gasteiger partial charge on any atom is -0.459 e. The monoisotopic (exact) mass is 504 g/mol. The van der Waals surface area contributed by atoms with Crippen LogP contribution in [0.5, 0.6) is 0 Å². The average molecular weight is 505 g/mol. The van der Waals surface area contributed by atoms with Crippen molar-refractivity contribution in [3.8, 4) is 0 Å². The summed E-state index contributed by atoms with van der Waals surface area (Å²) in [5, 5.41) is 11.5. The van der Waals surface area contributed by atoms with Gasteiger partial charge in [0.1, 0.15) is 12.2 Å². The van der Waals surface area contributed by atoms with E-state index in [2.05, 4.69) is 34.6 Å². The molecule has 0 saturated heterocycles. The molecular weight excluding hydrogens is 452 g/mol. The number of hydrogen-bond donors (Lipinski definition) is 1. The zero-order chi connectivity index (χ0) is 26.4. The number of carbonyl (C=O) groups is 2. The molecule has 206 valence electrons. The molecule has 4 rings (SSSR count). The van der Waals surface area contributed by atoms with Gasteiger partial charge in [-0.25, -0.2) is 0 Å². The standard InChI is InChI=1S/C31H52O5/c1-18(2)9-8-10-19(3)23-11-12-24-22-15-27(34)26-16-28(35-20(4)32)29(36-21(5)33)17-31(26,7)25(22)13-14-30(23,24)6/h18-19,22-29,34H,8-17H2,1-7H3/t19-,22+,23-,24+,25+,26-,27-,28-,29+,30-,31-/m1/s1. The zero-order valence-electron chi connectivity index (χ0n) is 23.9. The number of hydrogen-bond acceptors (Lipinski definition) is 5. The Bertz CT molecular complexity index is 809. The smallest absolute Gasteiger partial charge is 0.303 e. The van der Waals surface area contributed by atoms with Crippen molar-refractivity contribution in [1.29, 1.82) is 0 Å². The van der Waals surface area contributed by atoms with Gasteiger partial charge < -0.3 is 14.6 Å². The number of aliphatic hydroxyl groups excluding tert-OH is 1. The molecule has 4 saturated carbocycles. The van der Waals surface area contributed by atoms with Crippen molar-refractivity contribution in [3.05, 3.63) is 0 Å². The van der Waals surface area contributed by atoms with E-state index in [1.54, 1.807) is 0 Å². The van der Waals surface area contributed by atoms with Gasteiger partial charge in [-0.2, -0.15) is 0 Å². The third kappa shape index (κ3) is 5.12. The van der Waals surface area contributed by atoms with Crippen LogP contribution in [0.15, 0.2) is 0 Å². The van der Waals surface area contributed by atoms with Gasteiger partial charge >= 0.3 is 11.9 Å². The normalized spacial score (nSPS) is 44.8. The minimum atomic E-state index is -0.466. The van der Waals surface area contributed by atoms with Gasteiger partial charge in [-0.15, -0.1) is 0 Å². The van der Waals surface area contributed by atoms with E-state index in [1.807, 2.05) is 0 Å². The van der Waals surface area contributed by atoms with Crippen LogP contribution >= 0.6 is 0 Å². The Kier molecular flexibility index (Phi) is 8.20. The Balaban J connectivity index is 1.54. The molecule has 0 heterocycles. The fourth-order valence-corrected chi connectivity index (χ4v) is 9.98. The van der Waals surface area contributed by atoms with E-state index in [0.29, 0.717) is 36.0 Å². The molecule has 5 heteroatoms. The van der Waals surface area contributed by atoms with Gasteiger partial charge in [-0.3, -0.25) is 9.59 Å². The maximum atomic E-state index is 11.9. The summed E-state index contributed by atoms with van der Waals surface area (Å²) < 4.78 is 11.4. The molecule has 0 radical (unpaired) electrons. The molecule has 0 aromatic heterocycles. The fraction of sp³-hybridized carbons (Fsp3) is 0.935. The topological polar surface area (TPSA) is 72.8 Å². The van der Waals surface area contributed by atoms with E-state index in [9.17, 15) is 14.7 Å². The second-order valence-electron chi connectivity index (χ2n) is 14.1. The predicted molar refractivity (Wildman–Crippen MR) is 141 cm³/mol. The third-order valence-corrected chi connectivity index (χ3v) is 11.5. The maximum Gasteiger partial charge on any atom is 0.303 e. The first kappa shape index (κ1) is 27.9. The summed E-state index contributed by atoms with van der Waals surface area (Å²) in [7, 11) is 0. The molecule has 1 N–H and O–H groups in total. The lowest BCUT2D eigenvalue weighted by atomic mass is 9.43. The summed E-state index contributed by atoms with van der Waals surface area (Å²) in [6, 6.07) is 0. The largest absolute Gasteiger partial charge is 0.459 e. The molecule has 0 unspecified atom stereocenters. The quantitative estimate of drug-likeness (QED) is 0.398. The van der Waals surface area contributed by atoms with Crippen LogP contribution in [0.3, 0.4) is 0 Å².